The Morgan fingerprint density at radius 2 is 2.10 bits per heavy atom. The second kappa shape index (κ2) is 6.53. The minimum absolute atomic E-state index is 0.542. The van der Waals surface area contributed by atoms with Crippen LogP contribution in [0, 0.1) is 5.92 Å². The van der Waals surface area contributed by atoms with Crippen LogP contribution in [-0.4, -0.2) is 46.2 Å². The van der Waals surface area contributed by atoms with Gasteiger partial charge in [0.25, 0.3) is 0 Å². The van der Waals surface area contributed by atoms with Crippen molar-refractivity contribution in [2.75, 3.05) is 31.1 Å². The molecule has 0 radical (unpaired) electrons. The van der Waals surface area contributed by atoms with E-state index in [0.29, 0.717) is 5.92 Å². The third-order valence-electron chi connectivity index (χ3n) is 3.52. The van der Waals surface area contributed by atoms with E-state index in [-0.39, 0.29) is 0 Å². The first-order valence-corrected chi connectivity index (χ1v) is 8.27. The van der Waals surface area contributed by atoms with Gasteiger partial charge < -0.3 is 9.42 Å². The molecular formula is C14H21N5OS. The van der Waals surface area contributed by atoms with Crippen LogP contribution in [0.15, 0.2) is 16.1 Å². The van der Waals surface area contributed by atoms with Crippen molar-refractivity contribution in [1.29, 1.82) is 0 Å². The lowest BCUT2D eigenvalue weighted by Gasteiger charge is -2.33. The monoisotopic (exact) mass is 307 g/mol. The van der Waals surface area contributed by atoms with Gasteiger partial charge in [0, 0.05) is 44.2 Å². The lowest BCUT2D eigenvalue weighted by molar-refractivity contribution is 0.239. The Morgan fingerprint density at radius 1 is 1.29 bits per heavy atom. The predicted octanol–water partition coefficient (Wildman–Crippen LogP) is 2.05. The third-order valence-corrected chi connectivity index (χ3v) is 4.35. The van der Waals surface area contributed by atoms with E-state index in [9.17, 15) is 0 Å². The van der Waals surface area contributed by atoms with E-state index < -0.39 is 0 Å². The standard InChI is InChI=1S/C14H21N5OS/c1-11(2)9-13-16-12(17-20-13)10-18-4-6-19(7-5-18)14-15-3-8-21-14/h3,8,11H,4-7,9-10H2,1-2H3. The Bertz CT molecular complexity index is 545. The van der Waals surface area contributed by atoms with E-state index in [0.717, 1.165) is 56.0 Å². The van der Waals surface area contributed by atoms with E-state index in [1.54, 1.807) is 11.3 Å². The average molecular weight is 307 g/mol. The topological polar surface area (TPSA) is 58.3 Å². The van der Waals surface area contributed by atoms with Gasteiger partial charge in [-0.05, 0) is 5.92 Å². The first-order valence-electron chi connectivity index (χ1n) is 7.39. The van der Waals surface area contributed by atoms with Gasteiger partial charge in [0.1, 0.15) is 0 Å². The quantitative estimate of drug-likeness (QED) is 0.842. The highest BCUT2D eigenvalue weighted by atomic mass is 32.1. The zero-order valence-corrected chi connectivity index (χ0v) is 13.3. The number of hydrogen-bond acceptors (Lipinski definition) is 7. The molecule has 0 bridgehead atoms. The van der Waals surface area contributed by atoms with Gasteiger partial charge in [-0.3, -0.25) is 4.90 Å². The summed E-state index contributed by atoms with van der Waals surface area (Å²) < 4.78 is 5.29. The molecular weight excluding hydrogens is 286 g/mol. The summed E-state index contributed by atoms with van der Waals surface area (Å²) in [5.74, 6) is 2.09. The van der Waals surface area contributed by atoms with Crippen LogP contribution in [0.5, 0.6) is 0 Å². The van der Waals surface area contributed by atoms with Gasteiger partial charge in [0.2, 0.25) is 5.89 Å². The smallest absolute Gasteiger partial charge is 0.226 e. The summed E-state index contributed by atoms with van der Waals surface area (Å²) in [6.07, 6.45) is 2.72. The van der Waals surface area contributed by atoms with E-state index >= 15 is 0 Å². The van der Waals surface area contributed by atoms with E-state index in [1.165, 1.54) is 0 Å². The Morgan fingerprint density at radius 3 is 2.76 bits per heavy atom. The molecule has 1 aliphatic rings. The first-order chi connectivity index (χ1) is 10.2. The number of anilines is 1. The second-order valence-electron chi connectivity index (χ2n) is 5.78. The fourth-order valence-corrected chi connectivity index (χ4v) is 3.15. The average Bonchev–Trinajstić information content (AvgIpc) is 3.11. The van der Waals surface area contributed by atoms with Crippen LogP contribution >= 0.6 is 11.3 Å². The molecule has 3 rings (SSSR count). The molecule has 0 saturated carbocycles. The molecule has 0 atom stereocenters. The normalized spacial score (nSPS) is 16.8. The third kappa shape index (κ3) is 3.79. The molecule has 2 aromatic heterocycles. The van der Waals surface area contributed by atoms with Crippen molar-refractivity contribution in [1.82, 2.24) is 20.0 Å². The van der Waals surface area contributed by atoms with Crippen molar-refractivity contribution in [3.05, 3.63) is 23.3 Å². The number of hydrogen-bond donors (Lipinski definition) is 0. The number of aromatic nitrogens is 3. The Hall–Kier alpha value is -1.47. The molecule has 0 spiro atoms. The van der Waals surface area contributed by atoms with Crippen LogP contribution in [0.1, 0.15) is 25.6 Å². The molecule has 21 heavy (non-hydrogen) atoms. The zero-order chi connectivity index (χ0) is 14.7. The summed E-state index contributed by atoms with van der Waals surface area (Å²) in [5.41, 5.74) is 0. The fraction of sp³-hybridized carbons (Fsp3) is 0.643. The van der Waals surface area contributed by atoms with Gasteiger partial charge in [-0.2, -0.15) is 4.98 Å². The van der Waals surface area contributed by atoms with Gasteiger partial charge in [0.05, 0.1) is 6.54 Å². The Labute approximate surface area is 128 Å². The highest BCUT2D eigenvalue weighted by Gasteiger charge is 2.20. The molecule has 6 nitrogen and oxygen atoms in total. The van der Waals surface area contributed by atoms with E-state index in [4.69, 9.17) is 4.52 Å². The predicted molar refractivity (Wildman–Crippen MR) is 82.4 cm³/mol. The summed E-state index contributed by atoms with van der Waals surface area (Å²) in [6, 6.07) is 0. The first kappa shape index (κ1) is 14.5. The molecule has 1 aliphatic heterocycles. The van der Waals surface area contributed by atoms with Crippen molar-refractivity contribution < 1.29 is 4.52 Å². The SMILES string of the molecule is CC(C)Cc1nc(CN2CCN(c3nccs3)CC2)no1. The molecule has 7 heteroatoms. The summed E-state index contributed by atoms with van der Waals surface area (Å²) >= 11 is 1.70. The Balaban J connectivity index is 1.50. The number of thiazole rings is 1. The van der Waals surface area contributed by atoms with Gasteiger partial charge in [-0.15, -0.1) is 11.3 Å². The van der Waals surface area contributed by atoms with Crippen LogP contribution in [0.3, 0.4) is 0 Å². The maximum atomic E-state index is 5.29. The van der Waals surface area contributed by atoms with Gasteiger partial charge in [-0.1, -0.05) is 19.0 Å². The van der Waals surface area contributed by atoms with Crippen molar-refractivity contribution in [3.8, 4) is 0 Å². The van der Waals surface area contributed by atoms with Crippen molar-refractivity contribution in [3.63, 3.8) is 0 Å². The summed E-state index contributed by atoms with van der Waals surface area (Å²) in [5, 5.41) is 7.22. The van der Waals surface area contributed by atoms with E-state index in [2.05, 4.69) is 38.8 Å². The Kier molecular flexibility index (Phi) is 4.50. The van der Waals surface area contributed by atoms with Gasteiger partial charge >= 0.3 is 0 Å². The molecule has 0 aliphatic carbocycles. The molecule has 0 unspecified atom stereocenters. The highest BCUT2D eigenvalue weighted by molar-refractivity contribution is 7.13. The summed E-state index contributed by atoms with van der Waals surface area (Å²) in [4.78, 5) is 13.5. The minimum atomic E-state index is 0.542. The van der Waals surface area contributed by atoms with Crippen molar-refractivity contribution in [2.45, 2.75) is 26.8 Å². The zero-order valence-electron chi connectivity index (χ0n) is 12.5. The molecule has 0 amide bonds. The fourth-order valence-electron chi connectivity index (χ4n) is 2.46. The van der Waals surface area contributed by atoms with Crippen LogP contribution in [0.25, 0.3) is 0 Å². The van der Waals surface area contributed by atoms with Crippen LogP contribution < -0.4 is 4.90 Å². The van der Waals surface area contributed by atoms with Gasteiger partial charge in [0.15, 0.2) is 11.0 Å². The van der Waals surface area contributed by atoms with Crippen LogP contribution in [0.2, 0.25) is 0 Å². The largest absolute Gasteiger partial charge is 0.346 e. The molecule has 3 heterocycles. The molecule has 1 fully saturated rings. The lowest BCUT2D eigenvalue weighted by Crippen LogP contribution is -2.46. The minimum Gasteiger partial charge on any atom is -0.346 e. The van der Waals surface area contributed by atoms with Gasteiger partial charge in [-0.25, -0.2) is 4.98 Å². The summed E-state index contributed by atoms with van der Waals surface area (Å²) in [6.45, 7) is 9.10. The number of piperazine rings is 1. The maximum Gasteiger partial charge on any atom is 0.226 e. The van der Waals surface area contributed by atoms with Crippen LogP contribution in [-0.2, 0) is 13.0 Å². The second-order valence-corrected chi connectivity index (χ2v) is 6.65. The molecule has 1 saturated heterocycles. The summed E-state index contributed by atoms with van der Waals surface area (Å²) in [7, 11) is 0. The maximum absolute atomic E-state index is 5.29. The molecule has 0 N–H and O–H groups in total. The van der Waals surface area contributed by atoms with E-state index in [1.807, 2.05) is 11.6 Å². The lowest BCUT2D eigenvalue weighted by atomic mass is 10.1. The van der Waals surface area contributed by atoms with Crippen LogP contribution in [0.4, 0.5) is 5.13 Å². The molecule has 0 aromatic carbocycles. The van der Waals surface area contributed by atoms with Crippen molar-refractivity contribution in [2.24, 2.45) is 5.92 Å². The number of nitrogens with zero attached hydrogens (tertiary/aromatic N) is 5. The molecule has 114 valence electrons. The number of rotatable bonds is 5. The highest BCUT2D eigenvalue weighted by Crippen LogP contribution is 2.19. The molecule has 2 aromatic rings. The van der Waals surface area contributed by atoms with Crippen molar-refractivity contribution >= 4 is 16.5 Å².